The third-order valence-electron chi connectivity index (χ3n) is 4.04. The first-order valence-corrected chi connectivity index (χ1v) is 8.74. The zero-order valence-electron chi connectivity index (χ0n) is 14.0. The Balaban J connectivity index is 1.62. The zero-order chi connectivity index (χ0) is 17.1. The van der Waals surface area contributed by atoms with E-state index in [4.69, 9.17) is 0 Å². The van der Waals surface area contributed by atoms with Crippen LogP contribution in [0.15, 0.2) is 36.5 Å². The third-order valence-corrected chi connectivity index (χ3v) is 4.99. The number of hydrogen-bond donors (Lipinski definition) is 2. The van der Waals surface area contributed by atoms with E-state index in [0.29, 0.717) is 17.6 Å². The van der Waals surface area contributed by atoms with Gasteiger partial charge in [-0.3, -0.25) is 10.00 Å². The number of carbonyl (C=O) groups is 1. The number of para-hydroxylation sites is 1. The van der Waals surface area contributed by atoms with E-state index in [1.54, 1.807) is 6.20 Å². The smallest absolute Gasteiger partial charge is 0.321 e. The molecule has 2 amide bonds. The molecule has 1 atom stereocenters. The lowest BCUT2D eigenvalue weighted by molar-refractivity contribution is 0.250. The number of nitrogens with one attached hydrogen (secondary N) is 2. The van der Waals surface area contributed by atoms with Crippen LogP contribution in [0.2, 0.25) is 0 Å². The molecule has 1 aromatic carbocycles. The molecule has 0 aliphatic carbocycles. The van der Waals surface area contributed by atoms with Gasteiger partial charge in [-0.2, -0.15) is 5.10 Å². The van der Waals surface area contributed by atoms with Gasteiger partial charge >= 0.3 is 6.03 Å². The Morgan fingerprint density at radius 3 is 2.75 bits per heavy atom. The minimum Gasteiger partial charge on any atom is -0.337 e. The van der Waals surface area contributed by atoms with Crippen LogP contribution in [0.1, 0.15) is 25.5 Å². The topological polar surface area (TPSA) is 71.8 Å². The van der Waals surface area contributed by atoms with Crippen LogP contribution in [-0.2, 0) is 7.05 Å². The number of hydrogen-bond acceptors (Lipinski definition) is 4. The van der Waals surface area contributed by atoms with Crippen LogP contribution in [0.4, 0.5) is 9.93 Å². The Morgan fingerprint density at radius 2 is 2.08 bits per heavy atom. The van der Waals surface area contributed by atoms with Crippen molar-refractivity contribution in [2.75, 3.05) is 11.9 Å². The van der Waals surface area contributed by atoms with Crippen LogP contribution >= 0.6 is 11.3 Å². The number of thiazole rings is 1. The maximum absolute atomic E-state index is 12.2. The van der Waals surface area contributed by atoms with Crippen LogP contribution in [0.25, 0.3) is 10.2 Å². The highest BCUT2D eigenvalue weighted by Crippen LogP contribution is 2.25. The minimum absolute atomic E-state index is 0.207. The van der Waals surface area contributed by atoms with Gasteiger partial charge in [0, 0.05) is 31.4 Å². The fourth-order valence-electron chi connectivity index (χ4n) is 2.70. The van der Waals surface area contributed by atoms with Gasteiger partial charge in [-0.1, -0.05) is 37.3 Å². The van der Waals surface area contributed by atoms with E-state index < -0.39 is 0 Å². The molecule has 0 aliphatic rings. The van der Waals surface area contributed by atoms with Gasteiger partial charge in [0.25, 0.3) is 0 Å². The fraction of sp³-hybridized carbons (Fsp3) is 0.353. The van der Waals surface area contributed by atoms with Crippen LogP contribution in [0.5, 0.6) is 0 Å². The molecule has 7 heteroatoms. The summed E-state index contributed by atoms with van der Waals surface area (Å²) in [5.41, 5.74) is 2.01. The summed E-state index contributed by atoms with van der Waals surface area (Å²) in [5, 5.41) is 10.6. The number of carbonyl (C=O) groups excluding carboxylic acids is 1. The predicted octanol–water partition coefficient (Wildman–Crippen LogP) is 3.59. The van der Waals surface area contributed by atoms with Gasteiger partial charge in [0.1, 0.15) is 0 Å². The van der Waals surface area contributed by atoms with Gasteiger partial charge in [0.2, 0.25) is 0 Å². The average molecular weight is 343 g/mol. The summed E-state index contributed by atoms with van der Waals surface area (Å²) >= 11 is 1.47. The van der Waals surface area contributed by atoms with Crippen molar-refractivity contribution >= 4 is 32.7 Å². The Hall–Kier alpha value is -2.41. The fourth-order valence-corrected chi connectivity index (χ4v) is 3.56. The lowest BCUT2D eigenvalue weighted by atomic mass is 9.92. The van der Waals surface area contributed by atoms with Crippen molar-refractivity contribution in [1.82, 2.24) is 20.1 Å². The third kappa shape index (κ3) is 3.56. The molecule has 0 fully saturated rings. The lowest BCUT2D eigenvalue weighted by Crippen LogP contribution is -2.34. The number of rotatable bonds is 5. The number of benzene rings is 1. The van der Waals surface area contributed by atoms with Crippen molar-refractivity contribution < 1.29 is 4.79 Å². The van der Waals surface area contributed by atoms with Crippen LogP contribution in [0.3, 0.4) is 0 Å². The van der Waals surface area contributed by atoms with E-state index in [1.807, 2.05) is 42.1 Å². The molecule has 126 valence electrons. The van der Waals surface area contributed by atoms with Crippen molar-refractivity contribution in [2.24, 2.45) is 13.0 Å². The van der Waals surface area contributed by atoms with Crippen molar-refractivity contribution in [3.8, 4) is 0 Å². The molecule has 24 heavy (non-hydrogen) atoms. The summed E-state index contributed by atoms with van der Waals surface area (Å²) in [6.07, 6.45) is 1.78. The standard InChI is InChI=1S/C17H21N5OS/c1-11(2)12(14-8-9-19-22(14)3)10-18-16(23)21-17-20-13-6-4-5-7-15(13)24-17/h4-9,11-12H,10H2,1-3H3,(H2,18,20,21,23). The van der Waals surface area contributed by atoms with Crippen LogP contribution in [-0.4, -0.2) is 27.3 Å². The number of fused-ring (bicyclic) bond motifs is 1. The number of anilines is 1. The SMILES string of the molecule is CC(C)C(CNC(=O)Nc1nc2ccccc2s1)c1ccnn1C. The first-order valence-electron chi connectivity index (χ1n) is 7.93. The highest BCUT2D eigenvalue weighted by molar-refractivity contribution is 7.22. The molecular weight excluding hydrogens is 322 g/mol. The summed E-state index contributed by atoms with van der Waals surface area (Å²) in [5.74, 6) is 0.599. The highest BCUT2D eigenvalue weighted by Gasteiger charge is 2.20. The monoisotopic (exact) mass is 343 g/mol. The second-order valence-electron chi connectivity index (χ2n) is 6.05. The van der Waals surface area contributed by atoms with E-state index in [2.05, 4.69) is 34.6 Å². The Bertz CT molecular complexity index is 805. The largest absolute Gasteiger partial charge is 0.337 e. The molecule has 2 heterocycles. The molecule has 1 unspecified atom stereocenters. The van der Waals surface area contributed by atoms with Crippen molar-refractivity contribution in [3.05, 3.63) is 42.2 Å². The first kappa shape index (κ1) is 16.4. The molecule has 0 aliphatic heterocycles. The molecule has 0 saturated heterocycles. The zero-order valence-corrected chi connectivity index (χ0v) is 14.8. The van der Waals surface area contributed by atoms with E-state index in [-0.39, 0.29) is 11.9 Å². The summed E-state index contributed by atoms with van der Waals surface area (Å²) in [4.78, 5) is 16.6. The molecule has 2 aromatic heterocycles. The molecule has 0 spiro atoms. The second-order valence-corrected chi connectivity index (χ2v) is 7.08. The first-order chi connectivity index (χ1) is 11.5. The average Bonchev–Trinajstić information content (AvgIpc) is 3.13. The van der Waals surface area contributed by atoms with Crippen molar-refractivity contribution in [1.29, 1.82) is 0 Å². The lowest BCUT2D eigenvalue weighted by Gasteiger charge is -2.21. The van der Waals surface area contributed by atoms with Crippen LogP contribution < -0.4 is 10.6 Å². The van der Waals surface area contributed by atoms with E-state index in [9.17, 15) is 4.79 Å². The van der Waals surface area contributed by atoms with Gasteiger partial charge in [0.15, 0.2) is 5.13 Å². The van der Waals surface area contributed by atoms with Gasteiger partial charge in [-0.25, -0.2) is 9.78 Å². The predicted molar refractivity (Wildman–Crippen MR) is 97.4 cm³/mol. The van der Waals surface area contributed by atoms with E-state index >= 15 is 0 Å². The van der Waals surface area contributed by atoms with Gasteiger partial charge in [-0.05, 0) is 24.1 Å². The molecule has 0 radical (unpaired) electrons. The summed E-state index contributed by atoms with van der Waals surface area (Å²) in [6, 6.07) is 9.59. The number of amides is 2. The minimum atomic E-state index is -0.234. The van der Waals surface area contributed by atoms with Crippen molar-refractivity contribution in [3.63, 3.8) is 0 Å². The number of urea groups is 1. The summed E-state index contributed by atoms with van der Waals surface area (Å²) < 4.78 is 2.92. The normalized spacial score (nSPS) is 12.5. The highest BCUT2D eigenvalue weighted by atomic mass is 32.1. The van der Waals surface area contributed by atoms with Crippen molar-refractivity contribution in [2.45, 2.75) is 19.8 Å². The van der Waals surface area contributed by atoms with E-state index in [1.165, 1.54) is 11.3 Å². The summed E-state index contributed by atoms with van der Waals surface area (Å²) in [6.45, 7) is 4.84. The van der Waals surface area contributed by atoms with Gasteiger partial charge in [-0.15, -0.1) is 0 Å². The molecule has 0 saturated carbocycles. The Kier molecular flexibility index (Phi) is 4.80. The molecular formula is C17H21N5OS. The Labute approximate surface area is 144 Å². The molecule has 3 aromatic rings. The number of nitrogens with zero attached hydrogens (tertiary/aromatic N) is 3. The number of aromatic nitrogens is 3. The van der Waals surface area contributed by atoms with Crippen LogP contribution in [0, 0.1) is 5.92 Å². The van der Waals surface area contributed by atoms with Gasteiger partial charge < -0.3 is 5.32 Å². The molecule has 6 nitrogen and oxygen atoms in total. The molecule has 0 bridgehead atoms. The maximum Gasteiger partial charge on any atom is 0.321 e. The number of aryl methyl sites for hydroxylation is 1. The van der Waals surface area contributed by atoms with E-state index in [0.717, 1.165) is 15.9 Å². The quantitative estimate of drug-likeness (QED) is 0.743. The maximum atomic E-state index is 12.2. The molecule has 2 N–H and O–H groups in total. The Morgan fingerprint density at radius 1 is 1.29 bits per heavy atom. The van der Waals surface area contributed by atoms with Gasteiger partial charge in [0.05, 0.1) is 10.2 Å². The second kappa shape index (κ2) is 7.00. The molecule has 3 rings (SSSR count). The summed E-state index contributed by atoms with van der Waals surface area (Å²) in [7, 11) is 1.92.